The molecule has 20 heavy (non-hydrogen) atoms. The van der Waals surface area contributed by atoms with Crippen LogP contribution in [0.25, 0.3) is 0 Å². The van der Waals surface area contributed by atoms with Crippen LogP contribution < -0.4 is 5.32 Å². The molecule has 0 unspecified atom stereocenters. The van der Waals surface area contributed by atoms with Gasteiger partial charge in [0, 0.05) is 23.6 Å². The average molecular weight is 270 g/mol. The molecule has 5 heteroatoms. The number of nitrogens with zero attached hydrogens (tertiary/aromatic N) is 1. The smallest absolute Gasteiger partial charge is 0.251 e. The first kappa shape index (κ1) is 13.8. The van der Waals surface area contributed by atoms with Crippen molar-refractivity contribution in [2.24, 2.45) is 0 Å². The number of benzene rings is 1. The second-order valence-electron chi connectivity index (χ2n) is 4.03. The fourth-order valence-corrected chi connectivity index (χ4v) is 1.53. The molecule has 0 radical (unpaired) electrons. The molecule has 2 rings (SSSR count). The molecule has 1 aromatic carbocycles. The quantitative estimate of drug-likeness (QED) is 0.822. The minimum absolute atomic E-state index is 0.0511. The lowest BCUT2D eigenvalue weighted by molar-refractivity contribution is 0.0950. The highest BCUT2D eigenvalue weighted by molar-refractivity contribution is 5.94. The summed E-state index contributed by atoms with van der Waals surface area (Å²) < 4.78 is 4.68. The molecule has 5 nitrogen and oxygen atoms in total. The molecular formula is C15H14N2O3. The molecule has 1 heterocycles. The number of carbonyl (C=O) groups is 1. The lowest BCUT2D eigenvalue weighted by atomic mass is 10.1. The van der Waals surface area contributed by atoms with Crippen molar-refractivity contribution in [3.05, 3.63) is 53.4 Å². The molecule has 102 valence electrons. The van der Waals surface area contributed by atoms with Crippen molar-refractivity contribution in [2.45, 2.75) is 13.0 Å². The summed E-state index contributed by atoms with van der Waals surface area (Å²) in [6.07, 6.45) is 1.90. The van der Waals surface area contributed by atoms with Gasteiger partial charge in [-0.3, -0.25) is 4.79 Å². The van der Waals surface area contributed by atoms with Crippen molar-refractivity contribution < 1.29 is 14.4 Å². The fraction of sp³-hybridized carbons (Fsp3) is 0.200. The van der Waals surface area contributed by atoms with E-state index in [-0.39, 0.29) is 12.5 Å². The van der Waals surface area contributed by atoms with E-state index in [0.717, 1.165) is 5.56 Å². The van der Waals surface area contributed by atoms with Crippen LogP contribution in [0.15, 0.2) is 41.1 Å². The van der Waals surface area contributed by atoms with E-state index in [1.807, 2.05) is 0 Å². The van der Waals surface area contributed by atoms with E-state index in [4.69, 9.17) is 5.11 Å². The molecule has 0 spiro atoms. The summed E-state index contributed by atoms with van der Waals surface area (Å²) in [7, 11) is 0. The van der Waals surface area contributed by atoms with E-state index in [1.165, 1.54) is 6.26 Å². The van der Waals surface area contributed by atoms with Gasteiger partial charge < -0.3 is 14.9 Å². The number of hydrogen-bond acceptors (Lipinski definition) is 4. The largest absolute Gasteiger partial charge is 0.395 e. The van der Waals surface area contributed by atoms with Gasteiger partial charge in [0.2, 0.25) is 0 Å². The summed E-state index contributed by atoms with van der Waals surface area (Å²) in [4.78, 5) is 11.9. The third-order valence-corrected chi connectivity index (χ3v) is 2.54. The highest BCUT2D eigenvalue weighted by atomic mass is 16.5. The normalized spacial score (nSPS) is 9.65. The molecule has 2 aromatic rings. The molecule has 0 fully saturated rings. The highest BCUT2D eigenvalue weighted by Gasteiger charge is 2.05. The van der Waals surface area contributed by atoms with Gasteiger partial charge in [0.25, 0.3) is 5.91 Å². The van der Waals surface area contributed by atoms with Crippen LogP contribution in [-0.2, 0) is 6.54 Å². The van der Waals surface area contributed by atoms with Gasteiger partial charge in [-0.15, -0.1) is 0 Å². The van der Waals surface area contributed by atoms with E-state index < -0.39 is 0 Å². The van der Waals surface area contributed by atoms with Crippen molar-refractivity contribution in [3.63, 3.8) is 0 Å². The van der Waals surface area contributed by atoms with E-state index in [9.17, 15) is 4.79 Å². The molecule has 1 amide bonds. The number of aliphatic hydroxyl groups excluding tert-OH is 1. The zero-order chi connectivity index (χ0) is 14.2. The first-order valence-corrected chi connectivity index (χ1v) is 6.17. The Bertz CT molecular complexity index is 607. The third kappa shape index (κ3) is 3.97. The van der Waals surface area contributed by atoms with Gasteiger partial charge in [-0.25, -0.2) is 0 Å². The molecule has 2 N–H and O–H groups in total. The maximum Gasteiger partial charge on any atom is 0.251 e. The van der Waals surface area contributed by atoms with Crippen LogP contribution in [-0.4, -0.2) is 22.8 Å². The number of aromatic nitrogens is 1. The monoisotopic (exact) mass is 270 g/mol. The predicted molar refractivity (Wildman–Crippen MR) is 72.7 cm³/mol. The van der Waals surface area contributed by atoms with Gasteiger partial charge in [0.15, 0.2) is 0 Å². The highest BCUT2D eigenvalue weighted by Crippen LogP contribution is 2.04. The molecular weight excluding hydrogens is 256 g/mol. The average Bonchev–Trinajstić information content (AvgIpc) is 2.99. The van der Waals surface area contributed by atoms with E-state index >= 15 is 0 Å². The standard InChI is InChI=1S/C15H14N2O3/c18-9-2-1-3-12-4-6-13(7-5-12)15(19)16-11-14-8-10-20-17-14/h4-8,10,18H,2,9,11H2,(H,16,19). The third-order valence-electron chi connectivity index (χ3n) is 2.54. The summed E-state index contributed by atoms with van der Waals surface area (Å²) >= 11 is 0. The van der Waals surface area contributed by atoms with Crippen molar-refractivity contribution >= 4 is 5.91 Å². The molecule has 0 aliphatic heterocycles. The van der Waals surface area contributed by atoms with Crippen LogP contribution in [0, 0.1) is 11.8 Å². The topological polar surface area (TPSA) is 75.4 Å². The summed E-state index contributed by atoms with van der Waals surface area (Å²) in [5.41, 5.74) is 2.04. The van der Waals surface area contributed by atoms with Gasteiger partial charge in [0.05, 0.1) is 13.2 Å². The molecule has 0 atom stereocenters. The second kappa shape index (κ2) is 7.12. The van der Waals surface area contributed by atoms with E-state index in [2.05, 4.69) is 26.8 Å². The Balaban J connectivity index is 1.92. The Morgan fingerprint density at radius 1 is 1.30 bits per heavy atom. The summed E-state index contributed by atoms with van der Waals surface area (Å²) in [5, 5.41) is 15.1. The molecule has 0 bridgehead atoms. The molecule has 0 saturated carbocycles. The van der Waals surface area contributed by atoms with Crippen molar-refractivity contribution in [1.82, 2.24) is 10.5 Å². The van der Waals surface area contributed by atoms with Gasteiger partial charge in [-0.2, -0.15) is 0 Å². The van der Waals surface area contributed by atoms with Crippen LogP contribution >= 0.6 is 0 Å². The zero-order valence-corrected chi connectivity index (χ0v) is 10.8. The number of carbonyl (C=O) groups excluding carboxylic acids is 1. The van der Waals surface area contributed by atoms with Gasteiger partial charge >= 0.3 is 0 Å². The summed E-state index contributed by atoms with van der Waals surface area (Å²) in [6, 6.07) is 8.66. The van der Waals surface area contributed by atoms with Crippen LogP contribution in [0.3, 0.4) is 0 Å². The minimum atomic E-state index is -0.178. The van der Waals surface area contributed by atoms with Gasteiger partial charge in [0.1, 0.15) is 12.0 Å². The zero-order valence-electron chi connectivity index (χ0n) is 10.8. The Morgan fingerprint density at radius 2 is 2.10 bits per heavy atom. The SMILES string of the molecule is O=C(NCc1ccon1)c1ccc(C#CCCO)cc1. The molecule has 0 aliphatic rings. The van der Waals surface area contributed by atoms with Crippen molar-refractivity contribution in [2.75, 3.05) is 6.61 Å². The Hall–Kier alpha value is -2.58. The first-order valence-electron chi connectivity index (χ1n) is 6.17. The maximum atomic E-state index is 11.9. The molecule has 0 saturated heterocycles. The van der Waals surface area contributed by atoms with Crippen molar-refractivity contribution in [3.8, 4) is 11.8 Å². The Labute approximate surface area is 116 Å². The van der Waals surface area contributed by atoms with E-state index in [0.29, 0.717) is 24.2 Å². The number of hydrogen-bond donors (Lipinski definition) is 2. The second-order valence-corrected chi connectivity index (χ2v) is 4.03. The van der Waals surface area contributed by atoms with Crippen LogP contribution in [0.2, 0.25) is 0 Å². The maximum absolute atomic E-state index is 11.9. The Kier molecular flexibility index (Phi) is 4.93. The number of amides is 1. The lowest BCUT2D eigenvalue weighted by Crippen LogP contribution is -2.22. The summed E-state index contributed by atoms with van der Waals surface area (Å²) in [5.74, 6) is 5.55. The number of aliphatic hydroxyl groups is 1. The minimum Gasteiger partial charge on any atom is -0.395 e. The fourth-order valence-electron chi connectivity index (χ4n) is 1.53. The number of rotatable bonds is 4. The lowest BCUT2D eigenvalue weighted by Gasteiger charge is -2.02. The molecule has 1 aromatic heterocycles. The first-order chi connectivity index (χ1) is 9.79. The van der Waals surface area contributed by atoms with Crippen LogP contribution in [0.1, 0.15) is 28.0 Å². The van der Waals surface area contributed by atoms with Crippen molar-refractivity contribution in [1.29, 1.82) is 0 Å². The van der Waals surface area contributed by atoms with Gasteiger partial charge in [-0.1, -0.05) is 17.0 Å². The predicted octanol–water partition coefficient (Wildman–Crippen LogP) is 1.34. The van der Waals surface area contributed by atoms with Crippen LogP contribution in [0.4, 0.5) is 0 Å². The van der Waals surface area contributed by atoms with E-state index in [1.54, 1.807) is 30.3 Å². The Morgan fingerprint density at radius 3 is 2.75 bits per heavy atom. The summed E-state index contributed by atoms with van der Waals surface area (Å²) in [6.45, 7) is 0.378. The van der Waals surface area contributed by atoms with Crippen LogP contribution in [0.5, 0.6) is 0 Å². The van der Waals surface area contributed by atoms with Gasteiger partial charge in [-0.05, 0) is 24.3 Å². The molecule has 0 aliphatic carbocycles. The number of nitrogens with one attached hydrogen (secondary N) is 1.